The molecule has 1 saturated carbocycles. The van der Waals surface area contributed by atoms with E-state index >= 15 is 0 Å². The molecule has 5 N–H and O–H groups in total. The lowest BCUT2D eigenvalue weighted by Crippen LogP contribution is -2.53. The van der Waals surface area contributed by atoms with E-state index in [1.807, 2.05) is 61.6 Å². The van der Waals surface area contributed by atoms with Crippen molar-refractivity contribution in [3.8, 4) is 0 Å². The van der Waals surface area contributed by atoms with Gasteiger partial charge in [-0.2, -0.15) is 0 Å². The first-order valence-electron chi connectivity index (χ1n) is 12.2. The molecular formula is C27H38N4O2. The van der Waals surface area contributed by atoms with Crippen LogP contribution in [0.1, 0.15) is 55.2 Å². The maximum absolute atomic E-state index is 13.1. The Bertz CT molecular complexity index is 863. The highest BCUT2D eigenvalue weighted by atomic mass is 16.2. The average molecular weight is 451 g/mol. The van der Waals surface area contributed by atoms with Gasteiger partial charge in [0.25, 0.3) is 0 Å². The average Bonchev–Trinajstić information content (AvgIpc) is 2.87. The monoisotopic (exact) mass is 450 g/mol. The van der Waals surface area contributed by atoms with Crippen LogP contribution in [0.25, 0.3) is 0 Å². The second-order valence-corrected chi connectivity index (χ2v) is 9.07. The van der Waals surface area contributed by atoms with Crippen LogP contribution in [0.3, 0.4) is 0 Å². The molecule has 1 fully saturated rings. The van der Waals surface area contributed by atoms with E-state index in [0.29, 0.717) is 25.4 Å². The summed E-state index contributed by atoms with van der Waals surface area (Å²) in [5, 5.41) is 9.20. The van der Waals surface area contributed by atoms with Crippen molar-refractivity contribution in [1.82, 2.24) is 16.0 Å². The van der Waals surface area contributed by atoms with Crippen molar-refractivity contribution in [3.05, 3.63) is 71.3 Å². The summed E-state index contributed by atoms with van der Waals surface area (Å²) in [6, 6.07) is 16.8. The zero-order valence-electron chi connectivity index (χ0n) is 19.7. The second-order valence-electron chi connectivity index (χ2n) is 9.07. The predicted molar refractivity (Wildman–Crippen MR) is 132 cm³/mol. The van der Waals surface area contributed by atoms with Crippen molar-refractivity contribution < 1.29 is 9.59 Å². The van der Waals surface area contributed by atoms with Crippen molar-refractivity contribution in [2.45, 2.75) is 70.1 Å². The molecule has 0 bridgehead atoms. The van der Waals surface area contributed by atoms with Gasteiger partial charge in [0.15, 0.2) is 0 Å². The van der Waals surface area contributed by atoms with Gasteiger partial charge in [-0.05, 0) is 36.1 Å². The minimum atomic E-state index is -0.634. The molecule has 178 valence electrons. The van der Waals surface area contributed by atoms with Crippen LogP contribution in [0.4, 0.5) is 0 Å². The van der Waals surface area contributed by atoms with Gasteiger partial charge in [-0.1, -0.05) is 86.7 Å². The molecule has 0 aliphatic heterocycles. The van der Waals surface area contributed by atoms with Gasteiger partial charge < -0.3 is 21.7 Å². The van der Waals surface area contributed by atoms with Gasteiger partial charge >= 0.3 is 0 Å². The third kappa shape index (κ3) is 7.98. The molecule has 3 rings (SSSR count). The van der Waals surface area contributed by atoms with Crippen molar-refractivity contribution >= 4 is 11.8 Å². The van der Waals surface area contributed by atoms with Crippen molar-refractivity contribution in [2.75, 3.05) is 7.05 Å². The fourth-order valence-corrected chi connectivity index (χ4v) is 4.55. The normalized spacial score (nSPS) is 16.1. The fraction of sp³-hybridized carbons (Fsp3) is 0.481. The van der Waals surface area contributed by atoms with Crippen LogP contribution in [0, 0.1) is 5.92 Å². The number of likely N-dealkylation sites (N-methyl/N-ethyl adjacent to an activating group) is 1. The van der Waals surface area contributed by atoms with Gasteiger partial charge in [0.1, 0.15) is 6.04 Å². The number of benzene rings is 2. The number of hydrogen-bond acceptors (Lipinski definition) is 4. The molecule has 0 heterocycles. The van der Waals surface area contributed by atoms with E-state index in [9.17, 15) is 9.59 Å². The summed E-state index contributed by atoms with van der Waals surface area (Å²) in [5.74, 6) is 0.286. The minimum Gasteiger partial charge on any atom is -0.350 e. The molecule has 0 saturated heterocycles. The first-order valence-corrected chi connectivity index (χ1v) is 12.2. The molecule has 0 aromatic heterocycles. The molecule has 2 amide bonds. The second kappa shape index (κ2) is 13.1. The summed E-state index contributed by atoms with van der Waals surface area (Å²) in [6.07, 6.45) is 7.41. The molecule has 2 atom stereocenters. The lowest BCUT2D eigenvalue weighted by molar-refractivity contribution is -0.130. The maximum atomic E-state index is 13.1. The molecule has 0 radical (unpaired) electrons. The quantitative estimate of drug-likeness (QED) is 0.423. The molecule has 1 unspecified atom stereocenters. The Morgan fingerprint density at radius 3 is 2.18 bits per heavy atom. The van der Waals surface area contributed by atoms with Crippen molar-refractivity contribution in [2.24, 2.45) is 11.7 Å². The zero-order chi connectivity index (χ0) is 23.5. The van der Waals surface area contributed by atoms with Crippen LogP contribution in [-0.2, 0) is 29.1 Å². The van der Waals surface area contributed by atoms with E-state index in [4.69, 9.17) is 5.73 Å². The lowest BCUT2D eigenvalue weighted by Gasteiger charge is -2.27. The molecule has 1 aliphatic rings. The third-order valence-corrected chi connectivity index (χ3v) is 6.60. The highest BCUT2D eigenvalue weighted by molar-refractivity contribution is 5.90. The van der Waals surface area contributed by atoms with Gasteiger partial charge in [0.05, 0.1) is 6.04 Å². The smallest absolute Gasteiger partial charge is 0.243 e. The molecule has 6 heteroatoms. The Kier molecular flexibility index (Phi) is 9.91. The van der Waals surface area contributed by atoms with E-state index in [-0.39, 0.29) is 17.9 Å². The number of carbonyl (C=O) groups excluding carboxylic acids is 2. The number of nitrogens with two attached hydrogens (primary N) is 1. The predicted octanol–water partition coefficient (Wildman–Crippen LogP) is 3.05. The van der Waals surface area contributed by atoms with Gasteiger partial charge in [-0.3, -0.25) is 9.59 Å². The molecule has 2 aromatic rings. The van der Waals surface area contributed by atoms with Crippen molar-refractivity contribution in [1.29, 1.82) is 0 Å². The number of nitrogens with one attached hydrogen (secondary N) is 3. The van der Waals surface area contributed by atoms with Crippen LogP contribution in [-0.4, -0.2) is 30.9 Å². The van der Waals surface area contributed by atoms with Crippen molar-refractivity contribution in [3.63, 3.8) is 0 Å². The first-order chi connectivity index (χ1) is 16.1. The summed E-state index contributed by atoms with van der Waals surface area (Å²) in [4.78, 5) is 26.2. The van der Waals surface area contributed by atoms with E-state index in [1.165, 1.54) is 32.1 Å². The van der Waals surface area contributed by atoms with Gasteiger partial charge in [0, 0.05) is 19.5 Å². The molecular weight excluding hydrogens is 412 g/mol. The highest BCUT2D eigenvalue weighted by Crippen LogP contribution is 2.27. The number of carbonyl (C=O) groups is 2. The first kappa shape index (κ1) is 24.9. The van der Waals surface area contributed by atoms with Crippen LogP contribution < -0.4 is 21.7 Å². The molecule has 1 aliphatic carbocycles. The molecule has 33 heavy (non-hydrogen) atoms. The molecule has 6 nitrogen and oxygen atoms in total. The Labute approximate surface area is 197 Å². The maximum Gasteiger partial charge on any atom is 0.243 e. The summed E-state index contributed by atoms with van der Waals surface area (Å²) >= 11 is 0. The van der Waals surface area contributed by atoms with Crippen LogP contribution in [0.15, 0.2) is 54.6 Å². The summed E-state index contributed by atoms with van der Waals surface area (Å²) < 4.78 is 0. The third-order valence-electron chi connectivity index (χ3n) is 6.60. The fourth-order valence-electron chi connectivity index (χ4n) is 4.55. The Morgan fingerprint density at radius 2 is 1.55 bits per heavy atom. The lowest BCUT2D eigenvalue weighted by atomic mass is 9.84. The zero-order valence-corrected chi connectivity index (χ0v) is 19.7. The largest absolute Gasteiger partial charge is 0.350 e. The van der Waals surface area contributed by atoms with Gasteiger partial charge in [0.2, 0.25) is 11.8 Å². The van der Waals surface area contributed by atoms with E-state index in [0.717, 1.165) is 23.1 Å². The van der Waals surface area contributed by atoms with Crippen LogP contribution in [0.5, 0.6) is 0 Å². The van der Waals surface area contributed by atoms with E-state index in [1.54, 1.807) is 0 Å². The number of hydrogen-bond donors (Lipinski definition) is 4. The molecule has 0 spiro atoms. The standard InChI is InChI=1S/C27H38N4O2/c1-29-24(16-20-8-4-2-5-9-20)27(33)31-25(17-21-10-6-3-7-11-21)26(32)30-19-23-14-12-22(18-28)13-15-23/h3,6-7,10-15,20,24-25,29H,2,4-5,8-9,16-19,28H2,1H3,(H,30,32)(H,31,33)/t24?,25-/m0/s1. The molecule has 2 aromatic carbocycles. The Hall–Kier alpha value is -2.70. The van der Waals surface area contributed by atoms with Crippen LogP contribution >= 0.6 is 0 Å². The summed E-state index contributed by atoms with van der Waals surface area (Å²) in [5.41, 5.74) is 8.72. The summed E-state index contributed by atoms with van der Waals surface area (Å²) in [6.45, 7) is 0.897. The summed E-state index contributed by atoms with van der Waals surface area (Å²) in [7, 11) is 1.82. The number of amides is 2. The van der Waals surface area contributed by atoms with E-state index < -0.39 is 6.04 Å². The van der Waals surface area contributed by atoms with Gasteiger partial charge in [-0.15, -0.1) is 0 Å². The Morgan fingerprint density at radius 1 is 0.879 bits per heavy atom. The van der Waals surface area contributed by atoms with E-state index in [2.05, 4.69) is 16.0 Å². The highest BCUT2D eigenvalue weighted by Gasteiger charge is 2.27. The minimum absolute atomic E-state index is 0.105. The topological polar surface area (TPSA) is 96.2 Å². The van der Waals surface area contributed by atoms with Crippen LogP contribution in [0.2, 0.25) is 0 Å². The number of rotatable bonds is 11. The Balaban J connectivity index is 1.64. The SMILES string of the molecule is CNC(CC1CCCCC1)C(=O)N[C@@H](Cc1ccccc1)C(=O)NCc1ccc(CN)cc1. The van der Waals surface area contributed by atoms with Gasteiger partial charge in [-0.25, -0.2) is 0 Å².